The van der Waals surface area contributed by atoms with Gasteiger partial charge < -0.3 is 16.2 Å². The number of hydrogen-bond acceptors (Lipinski definition) is 3. The van der Waals surface area contributed by atoms with Gasteiger partial charge >= 0.3 is 5.97 Å². The van der Waals surface area contributed by atoms with Crippen LogP contribution in [0.25, 0.3) is 0 Å². The van der Waals surface area contributed by atoms with Gasteiger partial charge in [-0.05, 0) is 51.4 Å². The van der Waals surface area contributed by atoms with Gasteiger partial charge in [-0.2, -0.15) is 0 Å². The summed E-state index contributed by atoms with van der Waals surface area (Å²) in [5, 5.41) is 11.6. The summed E-state index contributed by atoms with van der Waals surface area (Å²) in [5.41, 5.74) is 5.44. The van der Waals surface area contributed by atoms with Crippen LogP contribution >= 0.6 is 0 Å². The molecule has 0 saturated carbocycles. The van der Waals surface area contributed by atoms with Crippen LogP contribution in [0, 0.1) is 0 Å². The van der Waals surface area contributed by atoms with Crippen molar-refractivity contribution in [1.82, 2.24) is 5.32 Å². The normalized spacial score (nSPS) is 12.3. The standard InChI is InChI=1S/C25H48N2O3/c1-2-3-4-5-6-7-8-9-10-11-12-13-14-15-16-17-21-24(28)27-22-19-18-20-23(26)25(29)30/h9-10,23H,2-8,11-22,26H2,1H3,(H,27,28)(H,29,30)/b10-9+/t23-/m0/s1. The first-order valence-corrected chi connectivity index (χ1v) is 12.5. The number of rotatable bonds is 22. The molecule has 4 N–H and O–H groups in total. The van der Waals surface area contributed by atoms with E-state index >= 15 is 0 Å². The van der Waals surface area contributed by atoms with Crippen LogP contribution in [0.2, 0.25) is 0 Å². The van der Waals surface area contributed by atoms with Gasteiger partial charge in [0, 0.05) is 13.0 Å². The monoisotopic (exact) mass is 424 g/mol. The van der Waals surface area contributed by atoms with Crippen molar-refractivity contribution in [2.24, 2.45) is 5.73 Å². The van der Waals surface area contributed by atoms with Gasteiger partial charge in [0.1, 0.15) is 6.04 Å². The Bertz CT molecular complexity index is 438. The molecule has 0 aliphatic rings. The summed E-state index contributed by atoms with van der Waals surface area (Å²) in [7, 11) is 0. The topological polar surface area (TPSA) is 92.4 Å². The number of nitrogens with one attached hydrogen (secondary N) is 1. The van der Waals surface area contributed by atoms with E-state index in [0.717, 1.165) is 25.7 Å². The molecule has 0 spiro atoms. The number of amides is 1. The Kier molecular flexibility index (Phi) is 21.3. The Morgan fingerprint density at radius 1 is 0.800 bits per heavy atom. The van der Waals surface area contributed by atoms with Crippen molar-refractivity contribution in [3.63, 3.8) is 0 Å². The molecule has 0 saturated heterocycles. The van der Waals surface area contributed by atoms with E-state index in [-0.39, 0.29) is 5.91 Å². The molecule has 0 fully saturated rings. The van der Waals surface area contributed by atoms with Crippen LogP contribution in [-0.4, -0.2) is 29.6 Å². The SMILES string of the molecule is CCCCCCCC/C=C/CCCCCCCCC(=O)NCCCC[C@H](N)C(=O)O. The summed E-state index contributed by atoms with van der Waals surface area (Å²) >= 11 is 0. The number of carboxylic acids is 1. The Morgan fingerprint density at radius 3 is 1.90 bits per heavy atom. The fourth-order valence-corrected chi connectivity index (χ4v) is 3.46. The summed E-state index contributed by atoms with van der Waals surface area (Å²) in [4.78, 5) is 22.4. The van der Waals surface area contributed by atoms with Gasteiger partial charge in [0.05, 0.1) is 0 Å². The molecule has 1 atom stereocenters. The summed E-state index contributed by atoms with van der Waals surface area (Å²) < 4.78 is 0. The number of carbonyl (C=O) groups excluding carboxylic acids is 1. The van der Waals surface area contributed by atoms with Gasteiger partial charge in [-0.3, -0.25) is 9.59 Å². The first kappa shape index (κ1) is 28.6. The molecular formula is C25H48N2O3. The first-order chi connectivity index (χ1) is 14.6. The molecule has 1 amide bonds. The van der Waals surface area contributed by atoms with Gasteiger partial charge in [-0.1, -0.05) is 76.9 Å². The van der Waals surface area contributed by atoms with E-state index in [2.05, 4.69) is 24.4 Å². The predicted molar refractivity (Wildman–Crippen MR) is 127 cm³/mol. The maximum atomic E-state index is 11.8. The van der Waals surface area contributed by atoms with Crippen LogP contribution in [0.4, 0.5) is 0 Å². The number of hydrogen-bond donors (Lipinski definition) is 3. The van der Waals surface area contributed by atoms with Crippen LogP contribution in [0.1, 0.15) is 122 Å². The average Bonchev–Trinajstić information content (AvgIpc) is 2.72. The molecule has 30 heavy (non-hydrogen) atoms. The average molecular weight is 425 g/mol. The van der Waals surface area contributed by atoms with Crippen LogP contribution in [-0.2, 0) is 9.59 Å². The highest BCUT2D eigenvalue weighted by Gasteiger charge is 2.10. The van der Waals surface area contributed by atoms with Gasteiger partial charge in [0.15, 0.2) is 0 Å². The van der Waals surface area contributed by atoms with Gasteiger partial charge in [-0.15, -0.1) is 0 Å². The van der Waals surface area contributed by atoms with Crippen molar-refractivity contribution in [3.8, 4) is 0 Å². The third-order valence-electron chi connectivity index (χ3n) is 5.50. The molecule has 0 rings (SSSR count). The third kappa shape index (κ3) is 21.4. The molecule has 5 heteroatoms. The molecule has 0 unspecified atom stereocenters. The van der Waals surface area contributed by atoms with Crippen LogP contribution in [0.3, 0.4) is 0 Å². The van der Waals surface area contributed by atoms with Gasteiger partial charge in [0.2, 0.25) is 5.91 Å². The third-order valence-corrected chi connectivity index (χ3v) is 5.50. The minimum Gasteiger partial charge on any atom is -0.480 e. The highest BCUT2D eigenvalue weighted by molar-refractivity contribution is 5.75. The predicted octanol–water partition coefficient (Wildman–Crippen LogP) is 6.11. The zero-order valence-electron chi connectivity index (χ0n) is 19.5. The van der Waals surface area contributed by atoms with Crippen LogP contribution in [0.5, 0.6) is 0 Å². The van der Waals surface area contributed by atoms with Crippen molar-refractivity contribution in [3.05, 3.63) is 12.2 Å². The van der Waals surface area contributed by atoms with E-state index in [0.29, 0.717) is 19.4 Å². The maximum Gasteiger partial charge on any atom is 0.320 e. The quantitative estimate of drug-likeness (QED) is 0.144. The fourth-order valence-electron chi connectivity index (χ4n) is 3.46. The Hall–Kier alpha value is -1.36. The Labute approximate surface area is 185 Å². The van der Waals surface area contributed by atoms with E-state index in [1.807, 2.05) is 0 Å². The molecule has 176 valence electrons. The fraction of sp³-hybridized carbons (Fsp3) is 0.840. The second-order valence-corrected chi connectivity index (χ2v) is 8.48. The van der Waals surface area contributed by atoms with Crippen molar-refractivity contribution < 1.29 is 14.7 Å². The molecule has 0 aromatic rings. The largest absolute Gasteiger partial charge is 0.480 e. The summed E-state index contributed by atoms with van der Waals surface area (Å²) in [6.45, 7) is 2.87. The minimum atomic E-state index is -0.959. The van der Waals surface area contributed by atoms with Crippen LogP contribution < -0.4 is 11.1 Å². The molecule has 0 aromatic carbocycles. The number of carbonyl (C=O) groups is 2. The Morgan fingerprint density at radius 2 is 1.33 bits per heavy atom. The first-order valence-electron chi connectivity index (χ1n) is 12.5. The minimum absolute atomic E-state index is 0.105. The number of allylic oxidation sites excluding steroid dienone is 2. The molecule has 0 radical (unpaired) electrons. The van der Waals surface area contributed by atoms with Gasteiger partial charge in [-0.25, -0.2) is 0 Å². The summed E-state index contributed by atoms with van der Waals surface area (Å²) in [6, 6.07) is -0.790. The van der Waals surface area contributed by atoms with E-state index in [1.165, 1.54) is 77.0 Å². The second kappa shape index (κ2) is 22.3. The van der Waals surface area contributed by atoms with Crippen molar-refractivity contribution in [2.45, 2.75) is 129 Å². The van der Waals surface area contributed by atoms with Crippen molar-refractivity contribution in [1.29, 1.82) is 0 Å². The summed E-state index contributed by atoms with van der Waals surface area (Å²) in [6.07, 6.45) is 25.0. The molecule has 0 aromatic heterocycles. The van der Waals surface area contributed by atoms with Gasteiger partial charge in [0.25, 0.3) is 0 Å². The zero-order chi connectivity index (χ0) is 22.3. The molecule has 5 nitrogen and oxygen atoms in total. The molecule has 0 bridgehead atoms. The second-order valence-electron chi connectivity index (χ2n) is 8.48. The van der Waals surface area contributed by atoms with Crippen molar-refractivity contribution in [2.75, 3.05) is 6.54 Å². The lowest BCUT2D eigenvalue weighted by Gasteiger charge is -2.07. The molecule has 0 aliphatic carbocycles. The van der Waals surface area contributed by atoms with E-state index in [9.17, 15) is 9.59 Å². The lowest BCUT2D eigenvalue weighted by atomic mass is 10.1. The number of carboxylic acid groups (broad SMARTS) is 1. The van der Waals surface area contributed by atoms with E-state index in [4.69, 9.17) is 10.8 Å². The lowest BCUT2D eigenvalue weighted by molar-refractivity contribution is -0.138. The molecule has 0 heterocycles. The smallest absolute Gasteiger partial charge is 0.320 e. The molecule has 0 aliphatic heterocycles. The van der Waals surface area contributed by atoms with E-state index < -0.39 is 12.0 Å². The number of unbranched alkanes of at least 4 members (excludes halogenated alkanes) is 13. The Balaban J connectivity index is 3.27. The molecular weight excluding hydrogens is 376 g/mol. The highest BCUT2D eigenvalue weighted by atomic mass is 16.4. The number of nitrogens with two attached hydrogens (primary N) is 1. The number of aliphatic carboxylic acids is 1. The van der Waals surface area contributed by atoms with Crippen LogP contribution in [0.15, 0.2) is 12.2 Å². The zero-order valence-corrected chi connectivity index (χ0v) is 19.5. The summed E-state index contributed by atoms with van der Waals surface area (Å²) in [5.74, 6) is -0.855. The lowest BCUT2D eigenvalue weighted by Crippen LogP contribution is -2.30. The van der Waals surface area contributed by atoms with Crippen molar-refractivity contribution >= 4 is 11.9 Å². The highest BCUT2D eigenvalue weighted by Crippen LogP contribution is 2.10. The maximum absolute atomic E-state index is 11.8. The van der Waals surface area contributed by atoms with E-state index in [1.54, 1.807) is 0 Å².